The molecule has 0 aromatic rings. The van der Waals surface area contributed by atoms with Gasteiger partial charge in [-0.3, -0.25) is 14.5 Å². The van der Waals surface area contributed by atoms with Gasteiger partial charge in [0.2, 0.25) is 11.8 Å². The van der Waals surface area contributed by atoms with E-state index in [1.807, 2.05) is 9.80 Å². The van der Waals surface area contributed by atoms with E-state index in [1.54, 1.807) is 0 Å². The van der Waals surface area contributed by atoms with E-state index in [0.717, 1.165) is 91.0 Å². The standard InChI is InChI=1S/C25H41N5O4/c31-23-4-1-3-22-21-15-19(17-30(22)23)16-29(18-21)25(33)28-9-5-20(6-10-28)24(32)26-7-2-8-27-11-13-34-14-12-27/h19-22H,1-18H2,(H,26,32)/t19-,21+,22+/m0/s1. The Balaban J connectivity index is 1.04. The lowest BCUT2D eigenvalue weighted by Crippen LogP contribution is -2.62. The average molecular weight is 476 g/mol. The molecule has 5 rings (SSSR count). The third-order valence-corrected chi connectivity index (χ3v) is 8.64. The molecule has 3 atom stereocenters. The fourth-order valence-electron chi connectivity index (χ4n) is 6.78. The number of rotatable bonds is 5. The van der Waals surface area contributed by atoms with Gasteiger partial charge in [-0.1, -0.05) is 0 Å². The predicted octanol–water partition coefficient (Wildman–Crippen LogP) is 0.990. The lowest BCUT2D eigenvalue weighted by Gasteiger charge is -2.53. The summed E-state index contributed by atoms with van der Waals surface area (Å²) >= 11 is 0. The Kier molecular flexibility index (Phi) is 7.58. The maximum absolute atomic E-state index is 13.3. The van der Waals surface area contributed by atoms with Crippen LogP contribution >= 0.6 is 0 Å². The monoisotopic (exact) mass is 475 g/mol. The van der Waals surface area contributed by atoms with E-state index in [4.69, 9.17) is 4.74 Å². The van der Waals surface area contributed by atoms with Crippen LogP contribution in [0.4, 0.5) is 4.79 Å². The molecule has 0 aromatic carbocycles. The van der Waals surface area contributed by atoms with Gasteiger partial charge < -0.3 is 24.8 Å². The van der Waals surface area contributed by atoms with Crippen LogP contribution in [0, 0.1) is 17.8 Å². The van der Waals surface area contributed by atoms with Crippen molar-refractivity contribution >= 4 is 17.8 Å². The van der Waals surface area contributed by atoms with Gasteiger partial charge in [-0.05, 0) is 56.9 Å². The molecule has 0 spiro atoms. The molecule has 5 aliphatic heterocycles. The number of hydrogen-bond acceptors (Lipinski definition) is 5. The molecule has 5 saturated heterocycles. The first kappa shape index (κ1) is 23.9. The molecule has 0 unspecified atom stereocenters. The minimum Gasteiger partial charge on any atom is -0.379 e. The second-order valence-electron chi connectivity index (χ2n) is 10.9. The molecule has 4 amide bonds. The minimum absolute atomic E-state index is 0.00924. The number of carbonyl (C=O) groups is 3. The highest BCUT2D eigenvalue weighted by Crippen LogP contribution is 2.38. The zero-order chi connectivity index (χ0) is 23.5. The topological polar surface area (TPSA) is 85.4 Å². The fourth-order valence-corrected chi connectivity index (χ4v) is 6.78. The van der Waals surface area contributed by atoms with E-state index in [9.17, 15) is 14.4 Å². The summed E-state index contributed by atoms with van der Waals surface area (Å²) in [4.78, 5) is 46.8. The number of nitrogens with zero attached hydrogens (tertiary/aromatic N) is 4. The molecule has 190 valence electrons. The summed E-state index contributed by atoms with van der Waals surface area (Å²) in [5, 5.41) is 3.11. The quantitative estimate of drug-likeness (QED) is 0.600. The predicted molar refractivity (Wildman–Crippen MR) is 127 cm³/mol. The van der Waals surface area contributed by atoms with Crippen molar-refractivity contribution in [2.45, 2.75) is 51.0 Å². The van der Waals surface area contributed by atoms with Crippen molar-refractivity contribution in [3.63, 3.8) is 0 Å². The Hall–Kier alpha value is -1.87. The van der Waals surface area contributed by atoms with Crippen LogP contribution in [0.15, 0.2) is 0 Å². The highest BCUT2D eigenvalue weighted by molar-refractivity contribution is 5.80. The average Bonchev–Trinajstić information content (AvgIpc) is 2.87. The molecule has 0 radical (unpaired) electrons. The lowest BCUT2D eigenvalue weighted by molar-refractivity contribution is -0.144. The Morgan fingerprint density at radius 3 is 2.56 bits per heavy atom. The van der Waals surface area contributed by atoms with Gasteiger partial charge in [-0.2, -0.15) is 0 Å². The number of ether oxygens (including phenoxy) is 1. The number of likely N-dealkylation sites (tertiary alicyclic amines) is 2. The minimum atomic E-state index is 0.00924. The zero-order valence-corrected chi connectivity index (χ0v) is 20.5. The van der Waals surface area contributed by atoms with Crippen molar-refractivity contribution in [3.8, 4) is 0 Å². The molecule has 5 aliphatic rings. The van der Waals surface area contributed by atoms with Crippen LogP contribution in [0.5, 0.6) is 0 Å². The Morgan fingerprint density at radius 1 is 0.971 bits per heavy atom. The highest BCUT2D eigenvalue weighted by Gasteiger charge is 2.45. The number of hydrogen-bond donors (Lipinski definition) is 1. The molecular weight excluding hydrogens is 434 g/mol. The molecule has 5 fully saturated rings. The van der Waals surface area contributed by atoms with E-state index < -0.39 is 0 Å². The lowest BCUT2D eigenvalue weighted by atomic mass is 9.76. The summed E-state index contributed by atoms with van der Waals surface area (Å²) < 4.78 is 5.38. The smallest absolute Gasteiger partial charge is 0.320 e. The molecule has 2 bridgehead atoms. The van der Waals surface area contributed by atoms with Crippen molar-refractivity contribution < 1.29 is 19.1 Å². The van der Waals surface area contributed by atoms with Gasteiger partial charge >= 0.3 is 6.03 Å². The largest absolute Gasteiger partial charge is 0.379 e. The second-order valence-corrected chi connectivity index (χ2v) is 10.9. The fraction of sp³-hybridized carbons (Fsp3) is 0.880. The maximum Gasteiger partial charge on any atom is 0.320 e. The third-order valence-electron chi connectivity index (χ3n) is 8.64. The Morgan fingerprint density at radius 2 is 1.76 bits per heavy atom. The SMILES string of the molecule is O=C(NCCCN1CCOCC1)C1CCN(C(=O)N2C[C@@H]3C[C@H](C2)[C@H]2CCCC(=O)N2C3)CC1. The number of fused-ring (bicyclic) bond motifs is 4. The summed E-state index contributed by atoms with van der Waals surface area (Å²) in [5.41, 5.74) is 0. The van der Waals surface area contributed by atoms with Gasteiger partial charge in [0.1, 0.15) is 0 Å². The number of amides is 4. The normalized spacial score (nSPS) is 30.8. The van der Waals surface area contributed by atoms with Crippen LogP contribution in [0.3, 0.4) is 0 Å². The molecular formula is C25H41N5O4. The van der Waals surface area contributed by atoms with Gasteiger partial charge in [0.25, 0.3) is 0 Å². The van der Waals surface area contributed by atoms with E-state index in [1.165, 1.54) is 0 Å². The van der Waals surface area contributed by atoms with E-state index >= 15 is 0 Å². The molecule has 9 heteroatoms. The molecule has 0 aromatic heterocycles. The Labute approximate surface area is 203 Å². The zero-order valence-electron chi connectivity index (χ0n) is 20.5. The van der Waals surface area contributed by atoms with Crippen molar-refractivity contribution in [3.05, 3.63) is 0 Å². The molecule has 0 saturated carbocycles. The first-order chi connectivity index (χ1) is 16.6. The van der Waals surface area contributed by atoms with Crippen LogP contribution in [-0.4, -0.2) is 116 Å². The van der Waals surface area contributed by atoms with Crippen molar-refractivity contribution in [2.24, 2.45) is 17.8 Å². The summed E-state index contributed by atoms with van der Waals surface area (Å²) in [6.07, 6.45) is 6.35. The summed E-state index contributed by atoms with van der Waals surface area (Å²) in [6.45, 7) is 8.96. The molecule has 1 N–H and O–H groups in total. The van der Waals surface area contributed by atoms with Gasteiger partial charge in [0.15, 0.2) is 0 Å². The second kappa shape index (κ2) is 10.8. The van der Waals surface area contributed by atoms with E-state index in [0.29, 0.717) is 49.8 Å². The van der Waals surface area contributed by atoms with Crippen molar-refractivity contribution in [1.82, 2.24) is 24.9 Å². The van der Waals surface area contributed by atoms with Gasteiger partial charge in [-0.25, -0.2) is 4.79 Å². The van der Waals surface area contributed by atoms with E-state index in [-0.39, 0.29) is 17.9 Å². The van der Waals surface area contributed by atoms with Gasteiger partial charge in [0, 0.05) is 70.7 Å². The maximum atomic E-state index is 13.3. The summed E-state index contributed by atoms with van der Waals surface area (Å²) in [7, 11) is 0. The van der Waals surface area contributed by atoms with Crippen LogP contribution in [0.1, 0.15) is 44.9 Å². The van der Waals surface area contributed by atoms with Crippen LogP contribution in [0.25, 0.3) is 0 Å². The number of carbonyl (C=O) groups excluding carboxylic acids is 3. The molecule has 0 aliphatic carbocycles. The van der Waals surface area contributed by atoms with Crippen molar-refractivity contribution in [2.75, 3.05) is 72.1 Å². The molecule has 5 heterocycles. The number of piperidine rings is 4. The van der Waals surface area contributed by atoms with Crippen LogP contribution in [0.2, 0.25) is 0 Å². The van der Waals surface area contributed by atoms with Gasteiger partial charge in [0.05, 0.1) is 13.2 Å². The van der Waals surface area contributed by atoms with Crippen LogP contribution < -0.4 is 5.32 Å². The van der Waals surface area contributed by atoms with Gasteiger partial charge in [-0.15, -0.1) is 0 Å². The Bertz CT molecular complexity index is 750. The third kappa shape index (κ3) is 5.35. The summed E-state index contributed by atoms with van der Waals surface area (Å²) in [6, 6.07) is 0.459. The molecule has 9 nitrogen and oxygen atoms in total. The van der Waals surface area contributed by atoms with Crippen LogP contribution in [-0.2, 0) is 14.3 Å². The summed E-state index contributed by atoms with van der Waals surface area (Å²) in [5.74, 6) is 1.29. The highest BCUT2D eigenvalue weighted by atomic mass is 16.5. The first-order valence-corrected chi connectivity index (χ1v) is 13.5. The number of morpholine rings is 1. The first-order valence-electron chi connectivity index (χ1n) is 13.5. The number of urea groups is 1. The van der Waals surface area contributed by atoms with E-state index in [2.05, 4.69) is 15.1 Å². The number of nitrogens with one attached hydrogen (secondary N) is 1. The molecule has 34 heavy (non-hydrogen) atoms. The van der Waals surface area contributed by atoms with Crippen molar-refractivity contribution in [1.29, 1.82) is 0 Å².